The molecule has 3 heteroatoms. The molecule has 17 heavy (non-hydrogen) atoms. The van der Waals surface area contributed by atoms with Crippen molar-refractivity contribution in [1.82, 2.24) is 0 Å². The molecule has 0 atom stereocenters. The fraction of sp³-hybridized carbons (Fsp3) is 0. The molecule has 0 aliphatic carbocycles. The van der Waals surface area contributed by atoms with E-state index in [0.717, 1.165) is 0 Å². The normalized spacial score (nSPS) is 10.9. The summed E-state index contributed by atoms with van der Waals surface area (Å²) in [6.45, 7) is 0. The van der Waals surface area contributed by atoms with Crippen molar-refractivity contribution >= 4 is 44.6 Å². The Balaban J connectivity index is 1.92. The third kappa shape index (κ3) is 2.42. The Morgan fingerprint density at radius 3 is 2.47 bits per heavy atom. The van der Waals surface area contributed by atoms with E-state index >= 15 is 0 Å². The first kappa shape index (κ1) is 11.0. The Labute approximate surface area is 109 Å². The van der Waals surface area contributed by atoms with Crippen molar-refractivity contribution in [2.75, 3.05) is 0 Å². The minimum atomic E-state index is -0.166. The Kier molecular flexibility index (Phi) is 2.98. The zero-order valence-corrected chi connectivity index (χ0v) is 11.4. The number of fused-ring (bicyclic) bond motifs is 1. The molecule has 3 aromatic rings. The van der Waals surface area contributed by atoms with Gasteiger partial charge in [-0.15, -0.1) is 0 Å². The van der Waals surface area contributed by atoms with Crippen LogP contribution in [0.25, 0.3) is 10.1 Å². The molecular formula is C14H9FSSe. The van der Waals surface area contributed by atoms with Crippen LogP contribution in [0, 0.1) is 5.82 Å². The zero-order valence-electron chi connectivity index (χ0n) is 8.89. The van der Waals surface area contributed by atoms with Crippen LogP contribution in [0.3, 0.4) is 0 Å². The van der Waals surface area contributed by atoms with Crippen molar-refractivity contribution in [1.29, 1.82) is 0 Å². The summed E-state index contributed by atoms with van der Waals surface area (Å²) in [4.78, 5) is 0. The summed E-state index contributed by atoms with van der Waals surface area (Å²) in [6.07, 6.45) is 0. The topological polar surface area (TPSA) is 0 Å². The molecule has 0 aliphatic rings. The molecule has 84 valence electrons. The molecule has 0 unspecified atom stereocenters. The van der Waals surface area contributed by atoms with Gasteiger partial charge in [0.2, 0.25) is 0 Å². The van der Waals surface area contributed by atoms with E-state index in [0.29, 0.717) is 0 Å². The third-order valence-electron chi connectivity index (χ3n) is 2.43. The second-order valence-electron chi connectivity index (χ2n) is 3.66. The fourth-order valence-electron chi connectivity index (χ4n) is 1.63. The molecule has 3 rings (SSSR count). The first-order valence-corrected chi connectivity index (χ1v) is 7.76. The molecular weight excluding hydrogens is 298 g/mol. The molecule has 0 saturated heterocycles. The van der Waals surface area contributed by atoms with Crippen LogP contribution < -0.4 is 8.24 Å². The fourth-order valence-corrected chi connectivity index (χ4v) is 5.24. The number of halogens is 1. The number of benzene rings is 2. The Morgan fingerprint density at radius 2 is 1.71 bits per heavy atom. The van der Waals surface area contributed by atoms with Crippen molar-refractivity contribution in [3.63, 3.8) is 0 Å². The molecule has 2 aromatic carbocycles. The third-order valence-corrected chi connectivity index (χ3v) is 6.04. The summed E-state index contributed by atoms with van der Waals surface area (Å²) in [6, 6.07) is 17.5. The number of rotatable bonds is 2. The second kappa shape index (κ2) is 4.61. The van der Waals surface area contributed by atoms with Crippen LogP contribution in [0.15, 0.2) is 54.6 Å². The summed E-state index contributed by atoms with van der Waals surface area (Å²) in [5.41, 5.74) is 0. The minimum absolute atomic E-state index is 0.166. The van der Waals surface area contributed by atoms with E-state index in [-0.39, 0.29) is 20.8 Å². The van der Waals surface area contributed by atoms with Crippen LogP contribution in [-0.4, -0.2) is 15.0 Å². The molecule has 0 fully saturated rings. The first-order chi connectivity index (χ1) is 8.31. The molecule has 0 spiro atoms. The van der Waals surface area contributed by atoms with Crippen LogP contribution in [0.4, 0.5) is 4.39 Å². The van der Waals surface area contributed by atoms with E-state index in [4.69, 9.17) is 0 Å². The second-order valence-corrected chi connectivity index (χ2v) is 7.67. The molecule has 0 bridgehead atoms. The number of thiophene rings is 1. The summed E-state index contributed by atoms with van der Waals surface area (Å²) in [5, 5.41) is 1.30. The maximum absolute atomic E-state index is 12.8. The van der Waals surface area contributed by atoms with E-state index in [1.54, 1.807) is 0 Å². The summed E-state index contributed by atoms with van der Waals surface area (Å²) in [7, 11) is 0. The summed E-state index contributed by atoms with van der Waals surface area (Å²) >= 11 is 2.11. The quantitative estimate of drug-likeness (QED) is 0.639. The van der Waals surface area contributed by atoms with Crippen LogP contribution in [-0.2, 0) is 0 Å². The van der Waals surface area contributed by atoms with Gasteiger partial charge in [0.05, 0.1) is 0 Å². The summed E-state index contributed by atoms with van der Waals surface area (Å²) < 4.78 is 16.7. The number of hydrogen-bond donors (Lipinski definition) is 0. The van der Waals surface area contributed by atoms with Gasteiger partial charge in [-0.1, -0.05) is 0 Å². The van der Waals surface area contributed by atoms with Crippen LogP contribution in [0.2, 0.25) is 0 Å². The Morgan fingerprint density at radius 1 is 0.941 bits per heavy atom. The van der Waals surface area contributed by atoms with Crippen molar-refractivity contribution in [2.24, 2.45) is 0 Å². The standard InChI is InChI=1S/C14H9FSSe/c15-11-5-7-12(8-6-11)17-14-9-10-3-1-2-4-13(10)16-14/h1-9H. The van der Waals surface area contributed by atoms with E-state index < -0.39 is 0 Å². The molecule has 1 heterocycles. The van der Waals surface area contributed by atoms with Gasteiger partial charge in [0.15, 0.2) is 0 Å². The zero-order chi connectivity index (χ0) is 11.7. The van der Waals surface area contributed by atoms with E-state index in [9.17, 15) is 4.39 Å². The van der Waals surface area contributed by atoms with Crippen molar-refractivity contribution in [3.8, 4) is 0 Å². The molecule has 0 aliphatic heterocycles. The molecule has 0 N–H and O–H groups in total. The van der Waals surface area contributed by atoms with Crippen molar-refractivity contribution < 1.29 is 4.39 Å². The average molecular weight is 307 g/mol. The maximum atomic E-state index is 12.8. The van der Waals surface area contributed by atoms with Gasteiger partial charge in [0.25, 0.3) is 0 Å². The molecule has 0 saturated carbocycles. The van der Waals surface area contributed by atoms with Gasteiger partial charge >= 0.3 is 109 Å². The SMILES string of the molecule is Fc1ccc([Se]c2cc3ccccc3s2)cc1. The van der Waals surface area contributed by atoms with E-state index in [1.807, 2.05) is 23.5 Å². The van der Waals surface area contributed by atoms with Crippen LogP contribution in [0.5, 0.6) is 0 Å². The predicted octanol–water partition coefficient (Wildman–Crippen LogP) is 2.70. The predicted molar refractivity (Wildman–Crippen MR) is 73.2 cm³/mol. The van der Waals surface area contributed by atoms with Gasteiger partial charge in [-0.05, 0) is 0 Å². The van der Waals surface area contributed by atoms with Gasteiger partial charge in [0.1, 0.15) is 0 Å². The number of hydrogen-bond acceptors (Lipinski definition) is 1. The Bertz CT molecular complexity index is 610. The monoisotopic (exact) mass is 308 g/mol. The van der Waals surface area contributed by atoms with Gasteiger partial charge in [0, 0.05) is 0 Å². The average Bonchev–Trinajstić information content (AvgIpc) is 2.74. The first-order valence-electron chi connectivity index (χ1n) is 5.23. The molecule has 0 radical (unpaired) electrons. The van der Waals surface area contributed by atoms with Crippen molar-refractivity contribution in [2.45, 2.75) is 0 Å². The van der Waals surface area contributed by atoms with Crippen LogP contribution >= 0.6 is 11.3 Å². The van der Waals surface area contributed by atoms with E-state index in [1.165, 1.54) is 30.5 Å². The Hall–Kier alpha value is -1.15. The van der Waals surface area contributed by atoms with Gasteiger partial charge in [-0.2, -0.15) is 0 Å². The van der Waals surface area contributed by atoms with Crippen molar-refractivity contribution in [3.05, 3.63) is 60.4 Å². The van der Waals surface area contributed by atoms with Gasteiger partial charge < -0.3 is 0 Å². The summed E-state index contributed by atoms with van der Waals surface area (Å²) in [5.74, 6) is -0.166. The molecule has 0 nitrogen and oxygen atoms in total. The van der Waals surface area contributed by atoms with Gasteiger partial charge in [-0.3, -0.25) is 0 Å². The van der Waals surface area contributed by atoms with Gasteiger partial charge in [-0.25, -0.2) is 0 Å². The van der Waals surface area contributed by atoms with Crippen LogP contribution in [0.1, 0.15) is 0 Å². The molecule has 0 amide bonds. The van der Waals surface area contributed by atoms with E-state index in [2.05, 4.69) is 30.3 Å². The molecule has 1 aromatic heterocycles.